The molecule has 60 valence electrons. The van der Waals surface area contributed by atoms with Gasteiger partial charge in [-0.25, -0.2) is 0 Å². The van der Waals surface area contributed by atoms with Crippen molar-refractivity contribution in [2.24, 2.45) is 0 Å². The van der Waals surface area contributed by atoms with Crippen molar-refractivity contribution in [3.05, 3.63) is 0 Å². The molecule has 0 bridgehead atoms. The molecule has 0 aliphatic rings. The fraction of sp³-hybridized carbons (Fsp3) is 0.750. The number of carbonyl (C=O) groups is 1. The highest BCUT2D eigenvalue weighted by Gasteiger charge is 2.27. The lowest BCUT2D eigenvalue weighted by Crippen LogP contribution is -2.18. The minimum Gasteiger partial charge on any atom is -0.300 e. The van der Waals surface area contributed by atoms with E-state index in [4.69, 9.17) is 0 Å². The number of halogens is 3. The highest BCUT2D eigenvalue weighted by molar-refractivity contribution is 7.97. The summed E-state index contributed by atoms with van der Waals surface area (Å²) in [5.74, 6) is -1.53. The van der Waals surface area contributed by atoms with Crippen molar-refractivity contribution < 1.29 is 18.0 Å². The maximum absolute atomic E-state index is 11.3. The van der Waals surface area contributed by atoms with Crippen molar-refractivity contribution in [3.63, 3.8) is 0 Å². The zero-order valence-corrected chi connectivity index (χ0v) is 5.97. The molecule has 0 rings (SSSR count). The van der Waals surface area contributed by atoms with Gasteiger partial charge in [-0.15, -0.1) is 0 Å². The minimum absolute atomic E-state index is 0.344. The van der Waals surface area contributed by atoms with Gasteiger partial charge in [0.1, 0.15) is 5.75 Å². The van der Waals surface area contributed by atoms with Gasteiger partial charge in [0.25, 0.3) is 0 Å². The molecule has 0 aromatic heterocycles. The van der Waals surface area contributed by atoms with Gasteiger partial charge >= 0.3 is 6.18 Å². The van der Waals surface area contributed by atoms with Crippen molar-refractivity contribution in [1.29, 1.82) is 0 Å². The van der Waals surface area contributed by atoms with Gasteiger partial charge in [-0.1, -0.05) is 0 Å². The third-order valence-electron chi connectivity index (χ3n) is 0.452. The molecular weight excluding hydrogens is 167 g/mol. The summed E-state index contributed by atoms with van der Waals surface area (Å²) in [7, 11) is 0. The van der Waals surface area contributed by atoms with Crippen LogP contribution in [-0.2, 0) is 4.79 Å². The van der Waals surface area contributed by atoms with Gasteiger partial charge in [0.15, 0.2) is 0 Å². The molecule has 2 nitrogen and oxygen atoms in total. The van der Waals surface area contributed by atoms with E-state index in [2.05, 4.69) is 0 Å². The van der Waals surface area contributed by atoms with Gasteiger partial charge in [0.05, 0.1) is 0 Å². The first-order chi connectivity index (χ1) is 4.42. The summed E-state index contributed by atoms with van der Waals surface area (Å²) >= 11 is 0.344. The van der Waals surface area contributed by atoms with E-state index in [1.807, 2.05) is 4.72 Å². The largest absolute Gasteiger partial charge is 0.399 e. The smallest absolute Gasteiger partial charge is 0.300 e. The van der Waals surface area contributed by atoms with Crippen LogP contribution in [0.25, 0.3) is 0 Å². The second kappa shape index (κ2) is 3.70. The summed E-state index contributed by atoms with van der Waals surface area (Å²) in [6, 6.07) is 0. The minimum atomic E-state index is -4.22. The summed E-state index contributed by atoms with van der Waals surface area (Å²) in [6.07, 6.45) is -4.22. The molecule has 0 atom stereocenters. The van der Waals surface area contributed by atoms with Gasteiger partial charge < -0.3 is 4.72 Å². The predicted molar refractivity (Wildman–Crippen MR) is 32.3 cm³/mol. The topological polar surface area (TPSA) is 29.1 Å². The van der Waals surface area contributed by atoms with Gasteiger partial charge in [-0.3, -0.25) is 4.79 Å². The van der Waals surface area contributed by atoms with E-state index in [0.717, 1.165) is 6.92 Å². The average molecular weight is 173 g/mol. The molecule has 0 spiro atoms. The van der Waals surface area contributed by atoms with Crippen LogP contribution in [-0.4, -0.2) is 17.8 Å². The first kappa shape index (κ1) is 9.61. The van der Waals surface area contributed by atoms with E-state index in [1.54, 1.807) is 0 Å². The van der Waals surface area contributed by atoms with E-state index in [1.165, 1.54) is 0 Å². The number of hydrogen-bond acceptors (Lipinski definition) is 2. The zero-order valence-electron chi connectivity index (χ0n) is 5.16. The number of nitrogens with one attached hydrogen (secondary N) is 1. The van der Waals surface area contributed by atoms with Crippen molar-refractivity contribution in [3.8, 4) is 0 Å². The van der Waals surface area contributed by atoms with Crippen molar-refractivity contribution in [2.45, 2.75) is 13.1 Å². The number of hydrogen-bond donors (Lipinski definition) is 1. The molecule has 0 saturated carbocycles. The lowest BCUT2D eigenvalue weighted by molar-refractivity contribution is -0.117. The second-order valence-electron chi connectivity index (χ2n) is 1.56. The zero-order chi connectivity index (χ0) is 8.20. The summed E-state index contributed by atoms with van der Waals surface area (Å²) < 4.78 is 36.0. The Balaban J connectivity index is 3.29. The maximum Gasteiger partial charge on any atom is 0.399 e. The quantitative estimate of drug-likeness (QED) is 0.638. The fourth-order valence-corrected chi connectivity index (χ4v) is 0.659. The number of alkyl halides is 3. The van der Waals surface area contributed by atoms with Gasteiger partial charge in [-0.2, -0.15) is 13.2 Å². The number of carbonyl (C=O) groups excluding carboxylic acids is 1. The average Bonchev–Trinajstić information content (AvgIpc) is 1.59. The highest BCUT2D eigenvalue weighted by Crippen LogP contribution is 2.18. The molecule has 0 fully saturated rings. The van der Waals surface area contributed by atoms with Crippen LogP contribution in [0.4, 0.5) is 13.2 Å². The normalized spacial score (nSPS) is 11.2. The molecule has 0 saturated heterocycles. The molecule has 0 heterocycles. The van der Waals surface area contributed by atoms with E-state index in [-0.39, 0.29) is 0 Å². The van der Waals surface area contributed by atoms with Crippen LogP contribution < -0.4 is 4.72 Å². The van der Waals surface area contributed by atoms with Crippen LogP contribution >= 0.6 is 11.9 Å². The lowest BCUT2D eigenvalue weighted by atomic mass is 10.8. The Labute approximate surface area is 60.3 Å². The van der Waals surface area contributed by atoms with Crippen molar-refractivity contribution in [2.75, 3.05) is 5.75 Å². The Morgan fingerprint density at radius 1 is 1.60 bits per heavy atom. The molecule has 1 N–H and O–H groups in total. The standard InChI is InChI=1S/C4H6F3NOS/c1-3(9)8-10-2-4(5,6)7/h2H2,1H3,(H,8,9). The van der Waals surface area contributed by atoms with Crippen LogP contribution in [0.15, 0.2) is 0 Å². The molecule has 0 unspecified atom stereocenters. The predicted octanol–water partition coefficient (Wildman–Crippen LogP) is 1.33. The lowest BCUT2D eigenvalue weighted by Gasteiger charge is -2.04. The fourth-order valence-electron chi connectivity index (χ4n) is 0.220. The van der Waals surface area contributed by atoms with Gasteiger partial charge in [0.2, 0.25) is 5.91 Å². The maximum atomic E-state index is 11.3. The Morgan fingerprint density at radius 2 is 2.10 bits per heavy atom. The molecule has 6 heteroatoms. The molecule has 0 aromatic rings. The molecule has 0 aliphatic heterocycles. The number of amides is 1. The molecule has 0 radical (unpaired) electrons. The van der Waals surface area contributed by atoms with E-state index >= 15 is 0 Å². The Morgan fingerprint density at radius 3 is 2.40 bits per heavy atom. The SMILES string of the molecule is CC(=O)NSCC(F)(F)F. The van der Waals surface area contributed by atoms with Crippen LogP contribution in [0.3, 0.4) is 0 Å². The Bertz CT molecular complexity index is 124. The summed E-state index contributed by atoms with van der Waals surface area (Å²) in [4.78, 5) is 10.0. The summed E-state index contributed by atoms with van der Waals surface area (Å²) in [5, 5.41) is 0. The van der Waals surface area contributed by atoms with Gasteiger partial charge in [-0.05, 0) is 11.9 Å². The molecule has 0 aliphatic carbocycles. The van der Waals surface area contributed by atoms with Crippen LogP contribution in [0.2, 0.25) is 0 Å². The summed E-state index contributed by atoms with van der Waals surface area (Å²) in [6.45, 7) is 1.16. The third kappa shape index (κ3) is 7.61. The van der Waals surface area contributed by atoms with Crippen LogP contribution in [0.5, 0.6) is 0 Å². The van der Waals surface area contributed by atoms with Gasteiger partial charge in [0, 0.05) is 6.92 Å². The third-order valence-corrected chi connectivity index (χ3v) is 1.36. The van der Waals surface area contributed by atoms with E-state index in [0.29, 0.717) is 11.9 Å². The van der Waals surface area contributed by atoms with Crippen molar-refractivity contribution in [1.82, 2.24) is 4.72 Å². The molecule has 10 heavy (non-hydrogen) atoms. The van der Waals surface area contributed by atoms with Crippen LogP contribution in [0, 0.1) is 0 Å². The first-order valence-electron chi connectivity index (χ1n) is 2.37. The number of rotatable bonds is 2. The molecule has 1 amide bonds. The van der Waals surface area contributed by atoms with Crippen LogP contribution in [0.1, 0.15) is 6.92 Å². The monoisotopic (exact) mass is 173 g/mol. The van der Waals surface area contributed by atoms with E-state index < -0.39 is 17.8 Å². The Hall–Kier alpha value is -0.390. The molecular formula is C4H6F3NOS. The highest BCUT2D eigenvalue weighted by atomic mass is 32.2. The molecule has 0 aromatic carbocycles. The van der Waals surface area contributed by atoms with Crippen molar-refractivity contribution >= 4 is 17.9 Å². The Kier molecular flexibility index (Phi) is 3.55. The van der Waals surface area contributed by atoms with E-state index in [9.17, 15) is 18.0 Å². The second-order valence-corrected chi connectivity index (χ2v) is 2.34. The summed E-state index contributed by atoms with van der Waals surface area (Å²) in [5.41, 5.74) is 0. The first-order valence-corrected chi connectivity index (χ1v) is 3.35.